The Labute approximate surface area is 300 Å². The Bertz CT molecular complexity index is 906. The van der Waals surface area contributed by atoms with Gasteiger partial charge in [0.05, 0.1) is 0 Å². The molecule has 4 heteroatoms. The maximum atomic E-state index is 3.19. The van der Waals surface area contributed by atoms with Gasteiger partial charge in [-0.15, -0.1) is 11.1 Å². The first-order valence-electron chi connectivity index (χ1n) is 10.2. The van der Waals surface area contributed by atoms with E-state index in [4.69, 9.17) is 0 Å². The molecule has 0 saturated heterocycles. The van der Waals surface area contributed by atoms with Gasteiger partial charge in [0.1, 0.15) is 0 Å². The van der Waals surface area contributed by atoms with Gasteiger partial charge in [0.25, 0.3) is 0 Å². The Balaban J connectivity index is 0.00000256. The molecule has 0 nitrogen and oxygen atoms in total. The van der Waals surface area contributed by atoms with Crippen LogP contribution in [0.4, 0.5) is 0 Å². The second kappa shape index (κ2) is 18.5. The van der Waals surface area contributed by atoms with Gasteiger partial charge >= 0.3 is 0 Å². The second-order valence-corrected chi connectivity index (χ2v) is 7.48. The summed E-state index contributed by atoms with van der Waals surface area (Å²) in [6, 6.07) is 46.4. The average Bonchev–Trinajstić information content (AvgIpc) is 2.82. The summed E-state index contributed by atoms with van der Waals surface area (Å²) in [4.78, 5) is 0. The third-order valence-corrected chi connectivity index (χ3v) is 5.80. The van der Waals surface area contributed by atoms with E-state index in [0.29, 0.717) is 0 Å². The van der Waals surface area contributed by atoms with Gasteiger partial charge < -0.3 is 0 Å². The first kappa shape index (κ1) is 34.3. The first-order valence-corrected chi connectivity index (χ1v) is 10.2. The van der Waals surface area contributed by atoms with Crippen LogP contribution in [0.25, 0.3) is 0 Å². The molecule has 156 valence electrons. The van der Waals surface area contributed by atoms with Crippen molar-refractivity contribution >= 4 is 0 Å². The summed E-state index contributed by atoms with van der Waals surface area (Å²) in [5.41, 5.74) is 5.35. The van der Waals surface area contributed by atoms with Gasteiger partial charge in [0.15, 0.2) is 0 Å². The quantitative estimate of drug-likeness (QED) is 0.184. The summed E-state index contributed by atoms with van der Waals surface area (Å²) in [5.74, 6) is 0. The molecule has 0 spiro atoms. The molecule has 0 aliphatic rings. The Morgan fingerprint density at radius 1 is 0.424 bits per heavy atom. The maximum Gasteiger partial charge on any atom is 0 e. The Hall–Kier alpha value is 1.30. The number of hydrogen-bond donors (Lipinski definition) is 0. The maximum absolute atomic E-state index is 3.19. The molecule has 4 aromatic carbocycles. The Morgan fingerprint density at radius 3 is 1.00 bits per heavy atom. The molecule has 0 unspecified atom stereocenters. The minimum absolute atomic E-state index is 0. The molecule has 0 atom stereocenters. The van der Waals surface area contributed by atoms with E-state index in [9.17, 15) is 0 Å². The van der Waals surface area contributed by atoms with Crippen molar-refractivity contribution in [3.05, 3.63) is 144 Å². The van der Waals surface area contributed by atoms with Crippen LogP contribution in [0.3, 0.4) is 0 Å². The van der Waals surface area contributed by atoms with E-state index in [-0.39, 0.29) is 136 Å². The molecule has 4 rings (SSSR count). The van der Waals surface area contributed by atoms with Crippen molar-refractivity contribution in [2.24, 2.45) is 0 Å². The molecule has 0 bridgehead atoms. The predicted molar refractivity (Wildman–Crippen MR) is 119 cm³/mol. The summed E-state index contributed by atoms with van der Waals surface area (Å²) in [6.07, 6.45) is 4.14. The molecule has 0 amide bonds. The predicted octanol–water partition coefficient (Wildman–Crippen LogP) is 6.43. The standard InChI is InChI=1S/C29H24.4Y/c1-5-13-25(14-6-1)21-23-29(27-17-9-3-10-18-27,28-19-11-4-12-20-28)24-22-26-15-7-2-8-16-26;;;;/h5-20H,21-24H2;;;;/q-4;;;;. The molecule has 4 radical (unpaired) electrons. The molecule has 33 heavy (non-hydrogen) atoms. The van der Waals surface area contributed by atoms with E-state index in [1.807, 2.05) is 48.5 Å². The molecular formula is C29H24Y4-4. The van der Waals surface area contributed by atoms with Crippen LogP contribution < -0.4 is 0 Å². The second-order valence-electron chi connectivity index (χ2n) is 7.48. The van der Waals surface area contributed by atoms with Crippen molar-refractivity contribution in [2.45, 2.75) is 31.1 Å². The molecule has 0 aliphatic heterocycles. The van der Waals surface area contributed by atoms with Crippen LogP contribution in [0, 0.1) is 24.3 Å². The fraction of sp³-hybridized carbons (Fsp3) is 0.172. The van der Waals surface area contributed by atoms with Crippen LogP contribution in [-0.4, -0.2) is 0 Å². The fourth-order valence-corrected chi connectivity index (χ4v) is 4.17. The van der Waals surface area contributed by atoms with Crippen molar-refractivity contribution in [1.29, 1.82) is 0 Å². The fourth-order valence-electron chi connectivity index (χ4n) is 4.17. The van der Waals surface area contributed by atoms with E-state index in [0.717, 1.165) is 25.7 Å². The zero-order valence-electron chi connectivity index (χ0n) is 18.9. The van der Waals surface area contributed by atoms with Crippen molar-refractivity contribution in [1.82, 2.24) is 0 Å². The molecule has 0 heterocycles. The molecular weight excluding hydrogens is 704 g/mol. The van der Waals surface area contributed by atoms with Crippen molar-refractivity contribution in [3.63, 3.8) is 0 Å². The normalized spacial score (nSPS) is 9.94. The van der Waals surface area contributed by atoms with Gasteiger partial charge in [-0.1, -0.05) is 0 Å². The van der Waals surface area contributed by atoms with Gasteiger partial charge in [-0.2, -0.15) is 132 Å². The van der Waals surface area contributed by atoms with Crippen LogP contribution in [0.1, 0.15) is 35.1 Å². The third kappa shape index (κ3) is 9.93. The Kier molecular flexibility index (Phi) is 19.3. The van der Waals surface area contributed by atoms with Gasteiger partial charge in [-0.25, -0.2) is 0 Å². The topological polar surface area (TPSA) is 0 Å². The van der Waals surface area contributed by atoms with Crippen LogP contribution in [0.5, 0.6) is 0 Å². The molecule has 0 N–H and O–H groups in total. The van der Waals surface area contributed by atoms with Crippen LogP contribution in [0.2, 0.25) is 0 Å². The number of hydrogen-bond acceptors (Lipinski definition) is 0. The number of benzene rings is 4. The smallest absolute Gasteiger partial charge is 0 e. The SMILES string of the molecule is [Y].[Y].[Y].[Y].[c-]1ccc(CCC(CCc2cc[c-]cc2)(c2cc[c-]cc2)c2cc[c-]cc2)cc1. The van der Waals surface area contributed by atoms with Crippen LogP contribution in [0.15, 0.2) is 97.1 Å². The number of aryl methyl sites for hydroxylation is 2. The monoisotopic (exact) mass is 728 g/mol. The van der Waals surface area contributed by atoms with E-state index < -0.39 is 0 Å². The van der Waals surface area contributed by atoms with E-state index in [1.165, 1.54) is 22.3 Å². The molecule has 4 aromatic rings. The largest absolute Gasteiger partial charge is 0.184 e. The molecule has 0 saturated carbocycles. The average molecular weight is 728 g/mol. The van der Waals surface area contributed by atoms with Crippen molar-refractivity contribution < 1.29 is 131 Å². The molecule has 0 aromatic heterocycles. The van der Waals surface area contributed by atoms with Crippen molar-refractivity contribution in [3.8, 4) is 0 Å². The van der Waals surface area contributed by atoms with Gasteiger partial charge in [-0.3, -0.25) is 0 Å². The van der Waals surface area contributed by atoms with Crippen LogP contribution in [-0.2, 0) is 149 Å². The first-order chi connectivity index (χ1) is 14.4. The summed E-state index contributed by atoms with van der Waals surface area (Å²) in [5, 5.41) is 0. The van der Waals surface area contributed by atoms with Crippen molar-refractivity contribution in [2.75, 3.05) is 0 Å². The molecule has 0 aliphatic carbocycles. The van der Waals surface area contributed by atoms with E-state index in [1.54, 1.807) is 0 Å². The summed E-state index contributed by atoms with van der Waals surface area (Å²) in [7, 11) is 0. The van der Waals surface area contributed by atoms with Crippen LogP contribution >= 0.6 is 0 Å². The van der Waals surface area contributed by atoms with Gasteiger partial charge in [0.2, 0.25) is 0 Å². The third-order valence-electron chi connectivity index (χ3n) is 5.80. The zero-order chi connectivity index (χ0) is 19.8. The minimum atomic E-state index is -0.0662. The van der Waals surface area contributed by atoms with Gasteiger partial charge in [-0.05, 0) is 31.1 Å². The summed E-state index contributed by atoms with van der Waals surface area (Å²) < 4.78 is 0. The summed E-state index contributed by atoms with van der Waals surface area (Å²) >= 11 is 0. The zero-order valence-corrected chi connectivity index (χ0v) is 30.2. The van der Waals surface area contributed by atoms with E-state index in [2.05, 4.69) is 72.8 Å². The molecule has 0 fully saturated rings. The summed E-state index contributed by atoms with van der Waals surface area (Å²) in [6.45, 7) is 0. The Morgan fingerprint density at radius 2 is 0.697 bits per heavy atom. The van der Waals surface area contributed by atoms with Gasteiger partial charge in [0, 0.05) is 131 Å². The number of rotatable bonds is 8. The van der Waals surface area contributed by atoms with E-state index >= 15 is 0 Å². The minimum Gasteiger partial charge on any atom is -0.184 e.